The minimum absolute atomic E-state index is 0.0685. The molecule has 1 saturated heterocycles. The van der Waals surface area contributed by atoms with Crippen molar-refractivity contribution in [3.8, 4) is 5.75 Å². The highest BCUT2D eigenvalue weighted by atomic mass is 19.1. The monoisotopic (exact) mass is 357 g/mol. The molecule has 1 aliphatic rings. The molecule has 1 amide bonds. The summed E-state index contributed by atoms with van der Waals surface area (Å²) in [6.07, 6.45) is 1.79. The van der Waals surface area contributed by atoms with Crippen LogP contribution in [0, 0.1) is 5.82 Å². The summed E-state index contributed by atoms with van der Waals surface area (Å²) >= 11 is 0. The molecule has 0 saturated carbocycles. The second-order valence-electron chi connectivity index (χ2n) is 6.57. The van der Waals surface area contributed by atoms with Gasteiger partial charge in [-0.25, -0.2) is 9.18 Å². The zero-order valence-corrected chi connectivity index (χ0v) is 14.2. The maximum absolute atomic E-state index is 13.4. The summed E-state index contributed by atoms with van der Waals surface area (Å²) in [6.45, 7) is 1.15. The second-order valence-corrected chi connectivity index (χ2v) is 6.57. The number of rotatable bonds is 4. The number of phenolic OH excluding ortho intramolecular Hbond substituents is 1. The van der Waals surface area contributed by atoms with Crippen LogP contribution in [-0.4, -0.2) is 40.1 Å². The number of halogens is 1. The summed E-state index contributed by atoms with van der Waals surface area (Å²) in [7, 11) is 0. The van der Waals surface area contributed by atoms with Gasteiger partial charge >= 0.3 is 5.97 Å². The van der Waals surface area contributed by atoms with Crippen molar-refractivity contribution < 1.29 is 24.2 Å². The summed E-state index contributed by atoms with van der Waals surface area (Å²) in [6, 6.07) is 10.8. The molecule has 0 spiro atoms. The first-order chi connectivity index (χ1) is 12.4. The lowest BCUT2D eigenvalue weighted by atomic mass is 9.89. The van der Waals surface area contributed by atoms with Crippen molar-refractivity contribution in [2.24, 2.45) is 0 Å². The normalized spacial score (nSPS) is 17.1. The molecule has 0 radical (unpaired) electrons. The van der Waals surface area contributed by atoms with E-state index in [1.807, 2.05) is 6.07 Å². The van der Waals surface area contributed by atoms with Gasteiger partial charge in [0.05, 0.1) is 12.0 Å². The van der Waals surface area contributed by atoms with Crippen molar-refractivity contribution in [3.05, 3.63) is 65.0 Å². The number of nitrogens with zero attached hydrogens (tertiary/aromatic N) is 1. The maximum Gasteiger partial charge on any atom is 0.335 e. The quantitative estimate of drug-likeness (QED) is 0.881. The first-order valence-electron chi connectivity index (χ1n) is 8.52. The Labute approximate surface area is 150 Å². The number of carboxylic acids is 1. The van der Waals surface area contributed by atoms with Gasteiger partial charge in [0.2, 0.25) is 5.91 Å². The average Bonchev–Trinajstić information content (AvgIpc) is 2.65. The van der Waals surface area contributed by atoms with Crippen molar-refractivity contribution in [3.63, 3.8) is 0 Å². The van der Waals surface area contributed by atoms with Crippen LogP contribution in [0.2, 0.25) is 0 Å². The first kappa shape index (κ1) is 17.9. The van der Waals surface area contributed by atoms with Gasteiger partial charge in [0, 0.05) is 19.0 Å². The number of aromatic carboxylic acids is 1. The van der Waals surface area contributed by atoms with Gasteiger partial charge in [0.25, 0.3) is 0 Å². The Hall–Kier alpha value is -2.89. The Kier molecular flexibility index (Phi) is 5.21. The van der Waals surface area contributed by atoms with Crippen LogP contribution in [0.15, 0.2) is 42.5 Å². The Morgan fingerprint density at radius 3 is 2.73 bits per heavy atom. The van der Waals surface area contributed by atoms with Crippen LogP contribution >= 0.6 is 0 Å². The lowest BCUT2D eigenvalue weighted by Crippen LogP contribution is -2.40. The van der Waals surface area contributed by atoms with Crippen LogP contribution in [-0.2, 0) is 11.2 Å². The van der Waals surface area contributed by atoms with E-state index >= 15 is 0 Å². The predicted octanol–water partition coefficient (Wildman–Crippen LogP) is 3.18. The van der Waals surface area contributed by atoms with E-state index in [9.17, 15) is 19.1 Å². The molecule has 1 aliphatic heterocycles. The molecule has 26 heavy (non-hydrogen) atoms. The van der Waals surface area contributed by atoms with E-state index in [1.165, 1.54) is 18.2 Å². The third kappa shape index (κ3) is 4.02. The van der Waals surface area contributed by atoms with Crippen molar-refractivity contribution in [1.29, 1.82) is 0 Å². The van der Waals surface area contributed by atoms with Crippen molar-refractivity contribution in [1.82, 2.24) is 4.90 Å². The number of benzene rings is 2. The lowest BCUT2D eigenvalue weighted by Gasteiger charge is -2.33. The molecular formula is C20H20FNO4. The summed E-state index contributed by atoms with van der Waals surface area (Å²) in [4.78, 5) is 25.5. The number of carboxylic acid groups (broad SMARTS) is 1. The lowest BCUT2D eigenvalue weighted by molar-refractivity contribution is -0.131. The highest BCUT2D eigenvalue weighted by Gasteiger charge is 2.25. The van der Waals surface area contributed by atoms with E-state index in [0.29, 0.717) is 18.7 Å². The molecule has 1 fully saturated rings. The van der Waals surface area contributed by atoms with Crippen LogP contribution in [0.25, 0.3) is 0 Å². The minimum Gasteiger partial charge on any atom is -0.505 e. The summed E-state index contributed by atoms with van der Waals surface area (Å²) < 4.78 is 13.4. The van der Waals surface area contributed by atoms with Crippen molar-refractivity contribution in [2.45, 2.75) is 25.2 Å². The van der Waals surface area contributed by atoms with Crippen LogP contribution in [0.5, 0.6) is 5.75 Å². The van der Waals surface area contributed by atoms with Crippen molar-refractivity contribution >= 4 is 11.9 Å². The highest BCUT2D eigenvalue weighted by molar-refractivity contribution is 5.87. The number of hydrogen-bond donors (Lipinski definition) is 2. The molecular weight excluding hydrogens is 337 g/mol. The van der Waals surface area contributed by atoms with E-state index in [2.05, 4.69) is 0 Å². The largest absolute Gasteiger partial charge is 0.505 e. The Morgan fingerprint density at radius 2 is 2.00 bits per heavy atom. The molecule has 1 heterocycles. The van der Waals surface area contributed by atoms with Crippen LogP contribution in [0.4, 0.5) is 4.39 Å². The molecule has 136 valence electrons. The van der Waals surface area contributed by atoms with E-state index in [1.54, 1.807) is 23.1 Å². The van der Waals surface area contributed by atoms with Crippen LogP contribution in [0.3, 0.4) is 0 Å². The van der Waals surface area contributed by atoms with Gasteiger partial charge < -0.3 is 15.1 Å². The number of piperidine rings is 1. The number of hydrogen-bond acceptors (Lipinski definition) is 3. The van der Waals surface area contributed by atoms with E-state index in [4.69, 9.17) is 5.11 Å². The van der Waals surface area contributed by atoms with Gasteiger partial charge in [-0.2, -0.15) is 0 Å². The average molecular weight is 357 g/mol. The van der Waals surface area contributed by atoms with Gasteiger partial charge in [-0.3, -0.25) is 4.79 Å². The van der Waals surface area contributed by atoms with Crippen molar-refractivity contribution in [2.75, 3.05) is 13.1 Å². The zero-order chi connectivity index (χ0) is 18.7. The molecule has 5 nitrogen and oxygen atoms in total. The fourth-order valence-corrected chi connectivity index (χ4v) is 3.35. The molecule has 1 atom stereocenters. The van der Waals surface area contributed by atoms with Gasteiger partial charge in [-0.05, 0) is 48.2 Å². The minimum atomic E-state index is -0.968. The predicted molar refractivity (Wildman–Crippen MR) is 93.7 cm³/mol. The molecule has 0 bridgehead atoms. The van der Waals surface area contributed by atoms with Gasteiger partial charge in [0.1, 0.15) is 0 Å². The topological polar surface area (TPSA) is 77.8 Å². The SMILES string of the molecule is O=C(O)c1cccc([C@H]2CCCN(C(=O)Cc3ccc(O)c(F)c3)C2)c1. The summed E-state index contributed by atoms with van der Waals surface area (Å²) in [5, 5.41) is 18.4. The maximum atomic E-state index is 13.4. The highest BCUT2D eigenvalue weighted by Crippen LogP contribution is 2.28. The van der Waals surface area contributed by atoms with E-state index in [-0.39, 0.29) is 23.8 Å². The molecule has 0 unspecified atom stereocenters. The molecule has 2 aromatic carbocycles. The zero-order valence-electron chi connectivity index (χ0n) is 14.2. The Morgan fingerprint density at radius 1 is 1.19 bits per heavy atom. The van der Waals surface area contributed by atoms with Crippen LogP contribution in [0.1, 0.15) is 40.2 Å². The molecule has 0 aromatic heterocycles. The number of amides is 1. The fourth-order valence-electron chi connectivity index (χ4n) is 3.35. The third-order valence-electron chi connectivity index (χ3n) is 4.75. The fraction of sp³-hybridized carbons (Fsp3) is 0.300. The van der Waals surface area contributed by atoms with Crippen LogP contribution < -0.4 is 0 Å². The van der Waals surface area contributed by atoms with Gasteiger partial charge in [-0.15, -0.1) is 0 Å². The third-order valence-corrected chi connectivity index (χ3v) is 4.75. The molecule has 6 heteroatoms. The Balaban J connectivity index is 1.69. The summed E-state index contributed by atoms with van der Waals surface area (Å²) in [5.41, 5.74) is 1.67. The number of likely N-dealkylation sites (tertiary alicyclic amines) is 1. The second kappa shape index (κ2) is 7.56. The number of carbonyl (C=O) groups is 2. The molecule has 2 N–H and O–H groups in total. The van der Waals surface area contributed by atoms with Gasteiger partial charge in [0.15, 0.2) is 11.6 Å². The molecule has 3 rings (SSSR count). The molecule has 0 aliphatic carbocycles. The number of phenols is 1. The summed E-state index contributed by atoms with van der Waals surface area (Å²) in [5.74, 6) is -2.16. The van der Waals surface area contributed by atoms with Gasteiger partial charge in [-0.1, -0.05) is 18.2 Å². The van der Waals surface area contributed by atoms with E-state index < -0.39 is 17.5 Å². The number of carbonyl (C=O) groups excluding carboxylic acids is 1. The Bertz CT molecular complexity index is 836. The smallest absolute Gasteiger partial charge is 0.335 e. The molecule has 2 aromatic rings. The standard InChI is InChI=1S/C20H20FNO4/c21-17-9-13(6-7-18(17)23)10-19(24)22-8-2-5-16(12-22)14-3-1-4-15(11-14)20(25)26/h1,3-4,6-7,9,11,16,23H,2,5,8,10,12H2,(H,25,26)/t16-/m0/s1. The number of aromatic hydroxyl groups is 1. The first-order valence-corrected chi connectivity index (χ1v) is 8.52. The van der Waals surface area contributed by atoms with E-state index in [0.717, 1.165) is 18.4 Å².